The van der Waals surface area contributed by atoms with E-state index < -0.39 is 5.97 Å². The van der Waals surface area contributed by atoms with E-state index in [-0.39, 0.29) is 16.6 Å². The van der Waals surface area contributed by atoms with Gasteiger partial charge in [0.2, 0.25) is 0 Å². The summed E-state index contributed by atoms with van der Waals surface area (Å²) in [5, 5.41) is 10.4. The van der Waals surface area contributed by atoms with Gasteiger partial charge in [0.15, 0.2) is 10.7 Å². The second-order valence-corrected chi connectivity index (χ2v) is 5.00. The highest BCUT2D eigenvalue weighted by Crippen LogP contribution is 2.17. The highest BCUT2D eigenvalue weighted by molar-refractivity contribution is 7.11. The number of thiazole rings is 1. The number of methoxy groups -OCH3 is 1. The van der Waals surface area contributed by atoms with Crippen molar-refractivity contribution in [1.82, 2.24) is 9.88 Å². The summed E-state index contributed by atoms with van der Waals surface area (Å²) in [6, 6.07) is 0. The predicted octanol–water partition coefficient (Wildman–Crippen LogP) is 1.26. The highest BCUT2D eigenvalue weighted by Gasteiger charge is 2.22. The van der Waals surface area contributed by atoms with Crippen LogP contribution < -0.4 is 0 Å². The minimum absolute atomic E-state index is 0.0824. The molecule has 1 amide bonds. The fraction of sp³-hybridized carbons (Fsp3) is 0.417. The van der Waals surface area contributed by atoms with Crippen molar-refractivity contribution in [2.75, 3.05) is 26.8 Å². The Labute approximate surface area is 114 Å². The van der Waals surface area contributed by atoms with Gasteiger partial charge in [0.25, 0.3) is 5.91 Å². The Balaban J connectivity index is 2.02. The Hall–Kier alpha value is -1.73. The minimum Gasteiger partial charge on any atom is -0.476 e. The van der Waals surface area contributed by atoms with Gasteiger partial charge in [-0.2, -0.15) is 0 Å². The molecule has 0 unspecified atom stereocenters. The molecule has 0 aliphatic carbocycles. The van der Waals surface area contributed by atoms with Gasteiger partial charge in [-0.15, -0.1) is 11.3 Å². The third kappa shape index (κ3) is 3.18. The second kappa shape index (κ2) is 5.94. The molecule has 0 bridgehead atoms. The molecule has 7 heteroatoms. The maximum Gasteiger partial charge on any atom is 0.355 e. The van der Waals surface area contributed by atoms with E-state index >= 15 is 0 Å². The number of carboxylic acid groups (broad SMARTS) is 1. The first-order chi connectivity index (χ1) is 9.11. The van der Waals surface area contributed by atoms with Crippen molar-refractivity contribution in [2.24, 2.45) is 0 Å². The summed E-state index contributed by atoms with van der Waals surface area (Å²) >= 11 is 1.06. The molecule has 0 radical (unpaired) electrons. The molecule has 6 nitrogen and oxygen atoms in total. The lowest BCUT2D eigenvalue weighted by Gasteiger charge is -2.25. The number of aromatic nitrogens is 1. The van der Waals surface area contributed by atoms with Crippen LogP contribution in [0.1, 0.15) is 26.7 Å². The van der Waals surface area contributed by atoms with Crippen LogP contribution in [0.5, 0.6) is 0 Å². The SMILES string of the molecule is COCC1=CCN(C(=O)c2nc(C(=O)O)cs2)CC1. The van der Waals surface area contributed by atoms with E-state index in [4.69, 9.17) is 9.84 Å². The zero-order valence-electron chi connectivity index (χ0n) is 10.5. The summed E-state index contributed by atoms with van der Waals surface area (Å²) in [7, 11) is 1.64. The summed E-state index contributed by atoms with van der Waals surface area (Å²) in [5.74, 6) is -1.33. The van der Waals surface area contributed by atoms with Gasteiger partial charge in [-0.1, -0.05) is 6.08 Å². The van der Waals surface area contributed by atoms with E-state index in [2.05, 4.69) is 4.98 Å². The van der Waals surface area contributed by atoms with Gasteiger partial charge in [0.1, 0.15) is 0 Å². The van der Waals surface area contributed by atoms with E-state index in [9.17, 15) is 9.59 Å². The molecule has 2 rings (SSSR count). The number of carboxylic acids is 1. The maximum atomic E-state index is 12.1. The molecule has 0 aromatic carbocycles. The first-order valence-electron chi connectivity index (χ1n) is 5.76. The van der Waals surface area contributed by atoms with Crippen molar-refractivity contribution in [3.05, 3.63) is 27.7 Å². The van der Waals surface area contributed by atoms with Crippen LogP contribution in [-0.2, 0) is 4.74 Å². The van der Waals surface area contributed by atoms with Crippen molar-refractivity contribution >= 4 is 23.2 Å². The number of amides is 1. The van der Waals surface area contributed by atoms with Crippen molar-refractivity contribution in [3.63, 3.8) is 0 Å². The molecule has 1 aliphatic heterocycles. The molecule has 0 saturated heterocycles. The Morgan fingerprint density at radius 2 is 2.37 bits per heavy atom. The van der Waals surface area contributed by atoms with Gasteiger partial charge < -0.3 is 14.7 Å². The van der Waals surface area contributed by atoms with E-state index in [0.717, 1.165) is 17.8 Å². The molecule has 0 spiro atoms. The lowest BCUT2D eigenvalue weighted by Crippen LogP contribution is -2.35. The Morgan fingerprint density at radius 3 is 2.89 bits per heavy atom. The van der Waals surface area contributed by atoms with Gasteiger partial charge in [-0.3, -0.25) is 4.79 Å². The average Bonchev–Trinajstić information content (AvgIpc) is 2.89. The maximum absolute atomic E-state index is 12.1. The first-order valence-corrected chi connectivity index (χ1v) is 6.64. The summed E-state index contributed by atoms with van der Waals surface area (Å²) in [6.45, 7) is 1.71. The molecule has 19 heavy (non-hydrogen) atoms. The van der Waals surface area contributed by atoms with E-state index in [1.807, 2.05) is 6.08 Å². The number of carbonyl (C=O) groups is 2. The van der Waals surface area contributed by atoms with Crippen LogP contribution in [0.25, 0.3) is 0 Å². The molecule has 2 heterocycles. The van der Waals surface area contributed by atoms with Crippen LogP contribution in [0.4, 0.5) is 0 Å². The number of nitrogens with zero attached hydrogens (tertiary/aromatic N) is 2. The summed E-state index contributed by atoms with van der Waals surface area (Å²) in [4.78, 5) is 28.3. The van der Waals surface area contributed by atoms with Crippen molar-refractivity contribution in [1.29, 1.82) is 0 Å². The van der Waals surface area contributed by atoms with Crippen LogP contribution in [0, 0.1) is 0 Å². The topological polar surface area (TPSA) is 79.7 Å². The molecule has 1 N–H and O–H groups in total. The molecule has 102 valence electrons. The normalized spacial score (nSPS) is 15.2. The summed E-state index contributed by atoms with van der Waals surface area (Å²) in [6.07, 6.45) is 2.74. The zero-order chi connectivity index (χ0) is 13.8. The Morgan fingerprint density at radius 1 is 1.58 bits per heavy atom. The highest BCUT2D eigenvalue weighted by atomic mass is 32.1. The van der Waals surface area contributed by atoms with Gasteiger partial charge in [0.05, 0.1) is 6.61 Å². The number of ether oxygens (including phenoxy) is 1. The third-order valence-electron chi connectivity index (χ3n) is 2.83. The number of hydrogen-bond acceptors (Lipinski definition) is 5. The molecule has 1 aliphatic rings. The number of hydrogen-bond donors (Lipinski definition) is 1. The number of rotatable bonds is 4. The van der Waals surface area contributed by atoms with Gasteiger partial charge in [0, 0.05) is 25.6 Å². The fourth-order valence-electron chi connectivity index (χ4n) is 1.82. The standard InChI is InChI=1S/C12H14N2O4S/c1-18-6-8-2-4-14(5-3-8)11(15)10-13-9(7-19-10)12(16)17/h2,7H,3-6H2,1H3,(H,16,17). The molecule has 0 atom stereocenters. The smallest absolute Gasteiger partial charge is 0.355 e. The van der Waals surface area contributed by atoms with Crippen LogP contribution >= 0.6 is 11.3 Å². The second-order valence-electron chi connectivity index (χ2n) is 4.14. The van der Waals surface area contributed by atoms with E-state index in [1.54, 1.807) is 12.0 Å². The largest absolute Gasteiger partial charge is 0.476 e. The van der Waals surface area contributed by atoms with Crippen molar-refractivity contribution in [2.45, 2.75) is 6.42 Å². The van der Waals surface area contributed by atoms with Crippen LogP contribution in [0.15, 0.2) is 17.0 Å². The molecule has 0 fully saturated rings. The molecule has 1 aromatic rings. The fourth-order valence-corrected chi connectivity index (χ4v) is 2.58. The number of aromatic carboxylic acids is 1. The Bertz CT molecular complexity index is 524. The van der Waals surface area contributed by atoms with Gasteiger partial charge >= 0.3 is 5.97 Å². The minimum atomic E-state index is -1.11. The lowest BCUT2D eigenvalue weighted by molar-refractivity contribution is 0.0691. The first kappa shape index (κ1) is 13.7. The third-order valence-corrected chi connectivity index (χ3v) is 3.66. The van der Waals surface area contributed by atoms with Gasteiger partial charge in [-0.05, 0) is 12.0 Å². The predicted molar refractivity (Wildman–Crippen MR) is 69.6 cm³/mol. The molecule has 0 saturated carbocycles. The monoisotopic (exact) mass is 282 g/mol. The lowest BCUT2D eigenvalue weighted by atomic mass is 10.1. The number of carbonyl (C=O) groups excluding carboxylic acids is 1. The summed E-state index contributed by atoms with van der Waals surface area (Å²) in [5.41, 5.74) is 1.10. The molecular weight excluding hydrogens is 268 g/mol. The van der Waals surface area contributed by atoms with Gasteiger partial charge in [-0.25, -0.2) is 9.78 Å². The van der Waals surface area contributed by atoms with Crippen molar-refractivity contribution < 1.29 is 19.4 Å². The van der Waals surface area contributed by atoms with Crippen LogP contribution in [0.3, 0.4) is 0 Å². The van der Waals surface area contributed by atoms with E-state index in [0.29, 0.717) is 19.7 Å². The van der Waals surface area contributed by atoms with Crippen LogP contribution in [0.2, 0.25) is 0 Å². The quantitative estimate of drug-likeness (QED) is 0.841. The molecular formula is C12H14N2O4S. The van der Waals surface area contributed by atoms with Crippen molar-refractivity contribution in [3.8, 4) is 0 Å². The van der Waals surface area contributed by atoms with E-state index in [1.165, 1.54) is 11.0 Å². The summed E-state index contributed by atoms with van der Waals surface area (Å²) < 4.78 is 5.04. The average molecular weight is 282 g/mol. The zero-order valence-corrected chi connectivity index (χ0v) is 11.3. The Kier molecular flexibility index (Phi) is 4.28. The molecule has 1 aromatic heterocycles. The van der Waals surface area contributed by atoms with Crippen LogP contribution in [-0.4, -0.2) is 53.7 Å².